The number of hydrogen-bond acceptors (Lipinski definition) is 3. The summed E-state index contributed by atoms with van der Waals surface area (Å²) < 4.78 is 3.66. The summed E-state index contributed by atoms with van der Waals surface area (Å²) in [6.45, 7) is 2.19. The van der Waals surface area contributed by atoms with Crippen LogP contribution in [0.4, 0.5) is 5.69 Å². The fraction of sp³-hybridized carbons (Fsp3) is 0.0833. The average molecular weight is 567 g/mol. The topological polar surface area (TPSA) is 22.9 Å². The summed E-state index contributed by atoms with van der Waals surface area (Å²) in [4.78, 5) is 7.30. The van der Waals surface area contributed by atoms with Gasteiger partial charge in [-0.2, -0.15) is 4.57 Å². The summed E-state index contributed by atoms with van der Waals surface area (Å²) in [6.07, 6.45) is 4.76. The number of nitrogens with zero attached hydrogens (tertiary/aromatic N) is 2. The van der Waals surface area contributed by atoms with E-state index in [2.05, 4.69) is 145 Å². The molecular formula is C36H28N3S2+. The monoisotopic (exact) mass is 566 g/mol. The Bertz CT molecular complexity index is 2230. The number of allylic oxidation sites excluding steroid dienone is 2. The molecule has 0 aliphatic carbocycles. The van der Waals surface area contributed by atoms with Crippen molar-refractivity contribution in [2.45, 2.75) is 11.8 Å². The van der Waals surface area contributed by atoms with Crippen molar-refractivity contribution < 1.29 is 4.57 Å². The summed E-state index contributed by atoms with van der Waals surface area (Å²) in [5.74, 6) is 0. The van der Waals surface area contributed by atoms with Crippen LogP contribution in [0.3, 0.4) is 0 Å². The lowest BCUT2D eigenvalue weighted by molar-refractivity contribution is -0.641. The van der Waals surface area contributed by atoms with Gasteiger partial charge in [0.15, 0.2) is 0 Å². The van der Waals surface area contributed by atoms with Crippen LogP contribution in [0.25, 0.3) is 54.3 Å². The quantitative estimate of drug-likeness (QED) is 0.215. The number of anilines is 1. The molecule has 0 spiro atoms. The third-order valence-electron chi connectivity index (χ3n) is 8.23. The van der Waals surface area contributed by atoms with Gasteiger partial charge in [-0.25, -0.2) is 0 Å². The van der Waals surface area contributed by atoms with Crippen LogP contribution in [0.1, 0.15) is 16.3 Å². The lowest BCUT2D eigenvalue weighted by atomic mass is 10.0. The number of para-hydroxylation sites is 1. The maximum absolute atomic E-state index is 3.64. The first kappa shape index (κ1) is 24.5. The molecule has 0 saturated heterocycles. The average Bonchev–Trinajstić information content (AvgIpc) is 3.62. The molecule has 1 aliphatic rings. The Balaban J connectivity index is 1.35. The summed E-state index contributed by atoms with van der Waals surface area (Å²) in [5.41, 5.74) is 7.37. The van der Waals surface area contributed by atoms with E-state index in [0.717, 1.165) is 5.52 Å². The SMILES string of the molecule is Cc1[nH]c2ccccc2c1C(=Cc1sc2ccc3ccccc3c2[n+]1C)C=C1Sc2ccc3ccccc3c2N1C. The maximum atomic E-state index is 3.64. The molecule has 5 heteroatoms. The Morgan fingerprint density at radius 2 is 1.49 bits per heavy atom. The van der Waals surface area contributed by atoms with Gasteiger partial charge in [0.05, 0.1) is 16.1 Å². The van der Waals surface area contributed by atoms with E-state index in [1.54, 1.807) is 0 Å². The van der Waals surface area contributed by atoms with E-state index in [1.165, 1.54) is 74.6 Å². The fourth-order valence-corrected chi connectivity index (χ4v) is 8.50. The number of thiazole rings is 1. The second-order valence-corrected chi connectivity index (χ2v) is 12.8. The molecule has 0 atom stereocenters. The van der Waals surface area contributed by atoms with Gasteiger partial charge in [-0.05, 0) is 53.6 Å². The van der Waals surface area contributed by atoms with Gasteiger partial charge >= 0.3 is 0 Å². The van der Waals surface area contributed by atoms with Gasteiger partial charge in [0.2, 0.25) is 5.52 Å². The number of aromatic nitrogens is 2. The number of nitrogens with one attached hydrogen (secondary N) is 1. The molecule has 0 amide bonds. The van der Waals surface area contributed by atoms with Gasteiger partial charge in [0.1, 0.15) is 11.7 Å². The van der Waals surface area contributed by atoms with Crippen molar-refractivity contribution in [2.24, 2.45) is 7.05 Å². The number of fused-ring (bicyclic) bond motifs is 7. The highest BCUT2D eigenvalue weighted by molar-refractivity contribution is 8.03. The van der Waals surface area contributed by atoms with E-state index in [1.807, 2.05) is 23.1 Å². The van der Waals surface area contributed by atoms with Crippen molar-refractivity contribution in [3.63, 3.8) is 0 Å². The predicted molar refractivity (Wildman–Crippen MR) is 178 cm³/mol. The molecule has 0 saturated carbocycles. The van der Waals surface area contributed by atoms with E-state index in [0.29, 0.717) is 0 Å². The van der Waals surface area contributed by atoms with E-state index in [4.69, 9.17) is 0 Å². The van der Waals surface area contributed by atoms with E-state index in [-0.39, 0.29) is 0 Å². The summed E-state index contributed by atoms with van der Waals surface area (Å²) in [5, 5.41) is 8.82. The number of aromatic amines is 1. The minimum absolute atomic E-state index is 1.16. The molecule has 1 aliphatic heterocycles. The van der Waals surface area contributed by atoms with Crippen molar-refractivity contribution in [1.82, 2.24) is 4.98 Å². The number of benzene rings is 5. The molecule has 0 fully saturated rings. The van der Waals surface area contributed by atoms with E-state index < -0.39 is 0 Å². The summed E-state index contributed by atoms with van der Waals surface area (Å²) >= 11 is 3.70. The number of thioether (sulfide) groups is 1. The van der Waals surface area contributed by atoms with Crippen molar-refractivity contribution >= 4 is 83.1 Å². The number of aryl methyl sites for hydroxylation is 2. The predicted octanol–water partition coefficient (Wildman–Crippen LogP) is 9.45. The van der Waals surface area contributed by atoms with Crippen LogP contribution in [-0.4, -0.2) is 12.0 Å². The summed E-state index contributed by atoms with van der Waals surface area (Å²) in [6, 6.07) is 35.0. The van der Waals surface area contributed by atoms with Crippen molar-refractivity contribution in [3.8, 4) is 0 Å². The molecule has 41 heavy (non-hydrogen) atoms. The molecule has 2 aromatic heterocycles. The smallest absolute Gasteiger partial charge is 0.263 e. The zero-order valence-corrected chi connectivity index (χ0v) is 24.7. The molecule has 3 heterocycles. The van der Waals surface area contributed by atoms with E-state index >= 15 is 0 Å². The highest BCUT2D eigenvalue weighted by Gasteiger charge is 2.26. The van der Waals surface area contributed by atoms with E-state index in [9.17, 15) is 0 Å². The Morgan fingerprint density at radius 3 is 2.32 bits per heavy atom. The first-order valence-corrected chi connectivity index (χ1v) is 15.4. The summed E-state index contributed by atoms with van der Waals surface area (Å²) in [7, 11) is 4.39. The van der Waals surface area contributed by atoms with Crippen LogP contribution in [0.15, 0.2) is 113 Å². The van der Waals surface area contributed by atoms with Crippen LogP contribution in [0.2, 0.25) is 0 Å². The second kappa shape index (κ2) is 9.37. The van der Waals surface area contributed by atoms with Gasteiger partial charge < -0.3 is 9.88 Å². The van der Waals surface area contributed by atoms with Crippen LogP contribution in [0, 0.1) is 6.92 Å². The van der Waals surface area contributed by atoms with Crippen molar-refractivity contribution in [1.29, 1.82) is 0 Å². The maximum Gasteiger partial charge on any atom is 0.263 e. The largest absolute Gasteiger partial charge is 0.358 e. The standard InChI is InChI=1S/C36H27N3S2/c1-22-34(28-14-8-9-15-29(28)37-22)25(20-32-38(2)35-26-12-6-4-10-23(26)16-18-30(35)40-32)21-33-39(3)36-27-13-7-5-11-24(27)17-19-31(36)41-33/h4-21H,1-3H3/p+1. The van der Waals surface area contributed by atoms with Crippen LogP contribution in [0.5, 0.6) is 0 Å². The van der Waals surface area contributed by atoms with Crippen LogP contribution in [-0.2, 0) is 7.05 Å². The third-order valence-corrected chi connectivity index (χ3v) is 10.5. The fourth-order valence-electron chi connectivity index (χ4n) is 6.26. The molecule has 3 nitrogen and oxygen atoms in total. The zero-order chi connectivity index (χ0) is 27.7. The molecule has 7 aromatic rings. The van der Waals surface area contributed by atoms with Crippen molar-refractivity contribution in [2.75, 3.05) is 11.9 Å². The van der Waals surface area contributed by atoms with Gasteiger partial charge in [-0.15, -0.1) is 0 Å². The molecule has 0 unspecified atom stereocenters. The molecule has 5 aromatic carbocycles. The number of rotatable bonds is 3. The number of hydrogen-bond donors (Lipinski definition) is 1. The van der Waals surface area contributed by atoms with Gasteiger partial charge in [-0.3, -0.25) is 0 Å². The van der Waals surface area contributed by atoms with Crippen molar-refractivity contribution in [3.05, 3.63) is 124 Å². The molecule has 1 N–H and O–H groups in total. The lowest BCUT2D eigenvalue weighted by Crippen LogP contribution is -2.29. The Labute approximate surface area is 247 Å². The molecule has 0 bridgehead atoms. The van der Waals surface area contributed by atoms with Gasteiger partial charge in [0.25, 0.3) is 5.01 Å². The molecule has 8 rings (SSSR count). The minimum Gasteiger partial charge on any atom is -0.358 e. The number of H-pyrrole nitrogens is 1. The zero-order valence-electron chi connectivity index (χ0n) is 23.1. The molecule has 0 radical (unpaired) electrons. The first-order valence-electron chi connectivity index (χ1n) is 13.8. The molecule has 198 valence electrons. The highest BCUT2D eigenvalue weighted by atomic mass is 32.2. The lowest BCUT2D eigenvalue weighted by Gasteiger charge is -2.16. The second-order valence-electron chi connectivity index (χ2n) is 10.7. The van der Waals surface area contributed by atoms with Crippen LogP contribution >= 0.6 is 23.1 Å². The Hall–Kier alpha value is -4.32. The first-order chi connectivity index (χ1) is 20.1. The van der Waals surface area contributed by atoms with Gasteiger partial charge in [0, 0.05) is 45.6 Å². The third kappa shape index (κ3) is 3.84. The highest BCUT2D eigenvalue weighted by Crippen LogP contribution is 2.49. The Morgan fingerprint density at radius 1 is 0.805 bits per heavy atom. The van der Waals surface area contributed by atoms with Crippen LogP contribution < -0.4 is 9.47 Å². The van der Waals surface area contributed by atoms with Gasteiger partial charge in [-0.1, -0.05) is 95.9 Å². The normalized spacial score (nSPS) is 14.8. The Kier molecular flexibility index (Phi) is 5.59. The molecular weight excluding hydrogens is 539 g/mol. The minimum atomic E-state index is 1.16.